The van der Waals surface area contributed by atoms with Crippen molar-refractivity contribution in [2.75, 3.05) is 19.6 Å². The molecule has 0 radical (unpaired) electrons. The lowest BCUT2D eigenvalue weighted by Gasteiger charge is -2.34. The Morgan fingerprint density at radius 1 is 1.00 bits per heavy atom. The highest BCUT2D eigenvalue weighted by molar-refractivity contribution is 5.85. The number of amides is 1. The molecule has 2 aromatic rings. The van der Waals surface area contributed by atoms with E-state index in [2.05, 4.69) is 0 Å². The summed E-state index contributed by atoms with van der Waals surface area (Å²) in [5.41, 5.74) is 4.15. The Kier molecular flexibility index (Phi) is 8.61. The first kappa shape index (κ1) is 25.2. The van der Waals surface area contributed by atoms with Crippen LogP contribution < -0.4 is 5.73 Å². The van der Waals surface area contributed by atoms with Gasteiger partial charge in [-0.1, -0.05) is 60.7 Å². The maximum absolute atomic E-state index is 13.2. The Bertz CT molecular complexity index is 920. The van der Waals surface area contributed by atoms with Crippen LogP contribution in [0.25, 0.3) is 0 Å². The summed E-state index contributed by atoms with van der Waals surface area (Å²) in [4.78, 5) is 38.5. The Morgan fingerprint density at radius 3 is 2.03 bits per heavy atom. The number of benzene rings is 2. The predicted octanol–water partition coefficient (Wildman–Crippen LogP) is 2.30. The molecule has 1 saturated heterocycles. The molecule has 0 aromatic heterocycles. The summed E-state index contributed by atoms with van der Waals surface area (Å²) in [6, 6.07) is 17.3. The number of aliphatic hydroxyl groups is 1. The van der Waals surface area contributed by atoms with E-state index in [4.69, 9.17) is 19.9 Å². The van der Waals surface area contributed by atoms with Crippen LogP contribution in [0, 0.1) is 0 Å². The first-order chi connectivity index (χ1) is 16.3. The average molecular weight is 471 g/mol. The van der Waals surface area contributed by atoms with Crippen molar-refractivity contribution in [2.24, 2.45) is 5.73 Å². The SMILES string of the molecule is CC(OC(=O)CCN)OC(=O)N1CCC(OC(=O)C(O)(c2ccccc2)c2ccccc2)CC1. The van der Waals surface area contributed by atoms with Crippen molar-refractivity contribution in [1.82, 2.24) is 4.90 Å². The number of carbonyl (C=O) groups is 3. The normalized spacial score (nSPS) is 15.3. The second kappa shape index (κ2) is 11.6. The highest BCUT2D eigenvalue weighted by atomic mass is 16.7. The number of nitrogens with two attached hydrogens (primary N) is 1. The maximum Gasteiger partial charge on any atom is 0.412 e. The molecule has 1 aliphatic heterocycles. The summed E-state index contributed by atoms with van der Waals surface area (Å²) >= 11 is 0. The van der Waals surface area contributed by atoms with E-state index in [0.29, 0.717) is 24.0 Å². The van der Waals surface area contributed by atoms with Crippen molar-refractivity contribution >= 4 is 18.0 Å². The fourth-order valence-corrected chi connectivity index (χ4v) is 3.76. The zero-order chi connectivity index (χ0) is 24.6. The van der Waals surface area contributed by atoms with Crippen molar-refractivity contribution in [3.8, 4) is 0 Å². The van der Waals surface area contributed by atoms with E-state index in [9.17, 15) is 19.5 Å². The lowest BCUT2D eigenvalue weighted by atomic mass is 9.86. The number of piperidine rings is 1. The predicted molar refractivity (Wildman–Crippen MR) is 122 cm³/mol. The highest BCUT2D eigenvalue weighted by Crippen LogP contribution is 2.32. The van der Waals surface area contributed by atoms with Gasteiger partial charge < -0.3 is 30.0 Å². The van der Waals surface area contributed by atoms with Gasteiger partial charge in [0.05, 0.1) is 6.42 Å². The van der Waals surface area contributed by atoms with Gasteiger partial charge in [-0.25, -0.2) is 9.59 Å². The lowest BCUT2D eigenvalue weighted by Crippen LogP contribution is -2.45. The largest absolute Gasteiger partial charge is 0.460 e. The molecule has 1 unspecified atom stereocenters. The fraction of sp³-hybridized carbons (Fsp3) is 0.400. The number of ether oxygens (including phenoxy) is 3. The zero-order valence-corrected chi connectivity index (χ0v) is 19.1. The van der Waals surface area contributed by atoms with Crippen LogP contribution in [0.5, 0.6) is 0 Å². The summed E-state index contributed by atoms with van der Waals surface area (Å²) in [6.07, 6.45) is -1.34. The minimum atomic E-state index is -1.96. The first-order valence-electron chi connectivity index (χ1n) is 11.2. The second-order valence-corrected chi connectivity index (χ2v) is 8.01. The molecule has 1 aliphatic rings. The molecule has 34 heavy (non-hydrogen) atoms. The molecule has 2 aromatic carbocycles. The van der Waals surface area contributed by atoms with Crippen LogP contribution in [0.4, 0.5) is 4.79 Å². The number of nitrogens with zero attached hydrogens (tertiary/aromatic N) is 1. The molecule has 9 heteroatoms. The first-order valence-corrected chi connectivity index (χ1v) is 11.2. The lowest BCUT2D eigenvalue weighted by molar-refractivity contribution is -0.170. The number of rotatable bonds is 8. The molecule has 0 saturated carbocycles. The topological polar surface area (TPSA) is 128 Å². The van der Waals surface area contributed by atoms with Gasteiger partial charge in [0, 0.05) is 39.4 Å². The molecule has 1 fully saturated rings. The molecule has 0 spiro atoms. The van der Waals surface area contributed by atoms with E-state index in [1.165, 1.54) is 11.8 Å². The Morgan fingerprint density at radius 2 is 1.53 bits per heavy atom. The van der Waals surface area contributed by atoms with Gasteiger partial charge in [-0.05, 0) is 11.1 Å². The van der Waals surface area contributed by atoms with Crippen molar-refractivity contribution in [2.45, 2.75) is 44.2 Å². The number of esters is 2. The molecule has 182 valence electrons. The molecule has 1 atom stereocenters. The summed E-state index contributed by atoms with van der Waals surface area (Å²) < 4.78 is 15.8. The van der Waals surface area contributed by atoms with E-state index in [1.54, 1.807) is 60.7 Å². The number of hydrogen-bond donors (Lipinski definition) is 2. The van der Waals surface area contributed by atoms with Gasteiger partial charge in [0.1, 0.15) is 6.10 Å². The number of likely N-dealkylation sites (tertiary alicyclic amines) is 1. The van der Waals surface area contributed by atoms with Crippen molar-refractivity contribution in [3.05, 3.63) is 71.8 Å². The third kappa shape index (κ3) is 6.12. The van der Waals surface area contributed by atoms with Gasteiger partial charge in [-0.15, -0.1) is 0 Å². The summed E-state index contributed by atoms with van der Waals surface area (Å²) in [5, 5.41) is 11.5. The molecule has 1 heterocycles. The summed E-state index contributed by atoms with van der Waals surface area (Å²) in [5.74, 6) is -1.32. The number of carbonyl (C=O) groups excluding carboxylic acids is 3. The van der Waals surface area contributed by atoms with Crippen LogP contribution in [0.15, 0.2) is 60.7 Å². The van der Waals surface area contributed by atoms with Gasteiger partial charge in [-0.3, -0.25) is 4.79 Å². The standard InChI is InChI=1S/C25H30N2O7/c1-18(32-22(28)12-15-26)33-24(30)27-16-13-21(14-17-27)34-23(29)25(31,19-8-4-2-5-9-19)20-10-6-3-7-11-20/h2-11,18,21,31H,12-17,26H2,1H3. The Hall–Kier alpha value is -3.43. The van der Waals surface area contributed by atoms with Crippen LogP contribution in [0.2, 0.25) is 0 Å². The van der Waals surface area contributed by atoms with E-state index in [0.717, 1.165) is 0 Å². The summed E-state index contributed by atoms with van der Waals surface area (Å²) in [6.45, 7) is 2.18. The van der Waals surface area contributed by atoms with Crippen molar-refractivity contribution in [3.63, 3.8) is 0 Å². The Labute approximate surface area is 198 Å². The molecule has 3 rings (SSSR count). The second-order valence-electron chi connectivity index (χ2n) is 8.01. The van der Waals surface area contributed by atoms with Crippen LogP contribution in [-0.2, 0) is 29.4 Å². The average Bonchev–Trinajstić information content (AvgIpc) is 2.85. The quantitative estimate of drug-likeness (QED) is 0.444. The molecule has 1 amide bonds. The van der Waals surface area contributed by atoms with E-state index >= 15 is 0 Å². The maximum atomic E-state index is 13.2. The molecular formula is C25H30N2O7. The van der Waals surface area contributed by atoms with E-state index in [-0.39, 0.29) is 26.1 Å². The Balaban J connectivity index is 1.59. The van der Waals surface area contributed by atoms with Gasteiger partial charge in [0.25, 0.3) is 0 Å². The van der Waals surface area contributed by atoms with E-state index < -0.39 is 36.0 Å². The van der Waals surface area contributed by atoms with Gasteiger partial charge in [0.2, 0.25) is 11.9 Å². The monoisotopic (exact) mass is 470 g/mol. The highest BCUT2D eigenvalue weighted by Gasteiger charge is 2.43. The van der Waals surface area contributed by atoms with Crippen molar-refractivity contribution in [1.29, 1.82) is 0 Å². The molecule has 0 bridgehead atoms. The molecular weight excluding hydrogens is 440 g/mol. The van der Waals surface area contributed by atoms with E-state index in [1.807, 2.05) is 0 Å². The molecule has 0 aliphatic carbocycles. The van der Waals surface area contributed by atoms with Gasteiger partial charge in [-0.2, -0.15) is 0 Å². The minimum Gasteiger partial charge on any atom is -0.460 e. The molecule has 3 N–H and O–H groups in total. The molecule has 9 nitrogen and oxygen atoms in total. The number of hydrogen-bond acceptors (Lipinski definition) is 8. The summed E-state index contributed by atoms with van der Waals surface area (Å²) in [7, 11) is 0. The van der Waals surface area contributed by atoms with Crippen molar-refractivity contribution < 1.29 is 33.7 Å². The smallest absolute Gasteiger partial charge is 0.412 e. The van der Waals surface area contributed by atoms with Crippen LogP contribution >= 0.6 is 0 Å². The van der Waals surface area contributed by atoms with Gasteiger partial charge in [0.15, 0.2) is 0 Å². The van der Waals surface area contributed by atoms with Crippen LogP contribution in [0.1, 0.15) is 37.3 Å². The third-order valence-electron chi connectivity index (χ3n) is 5.57. The zero-order valence-electron chi connectivity index (χ0n) is 19.1. The van der Waals surface area contributed by atoms with Crippen LogP contribution in [0.3, 0.4) is 0 Å². The van der Waals surface area contributed by atoms with Crippen LogP contribution in [-0.4, -0.2) is 60.1 Å². The van der Waals surface area contributed by atoms with Gasteiger partial charge >= 0.3 is 18.0 Å². The third-order valence-corrected chi connectivity index (χ3v) is 5.57. The minimum absolute atomic E-state index is 0.0387. The fourth-order valence-electron chi connectivity index (χ4n) is 3.76.